The van der Waals surface area contributed by atoms with E-state index in [-0.39, 0.29) is 5.91 Å². The molecule has 128 valence electrons. The number of amides is 1. The van der Waals surface area contributed by atoms with Crippen molar-refractivity contribution in [3.05, 3.63) is 64.8 Å². The SMILES string of the molecule is CCc1[nH]nc(-c2ccccc2OC)c1NC(=O)c1cccc(Cl)c1. The fourth-order valence-electron chi connectivity index (χ4n) is 2.62. The summed E-state index contributed by atoms with van der Waals surface area (Å²) < 4.78 is 5.42. The van der Waals surface area contributed by atoms with Crippen LogP contribution in [0.15, 0.2) is 48.5 Å². The van der Waals surface area contributed by atoms with Crippen molar-refractivity contribution in [3.8, 4) is 17.0 Å². The summed E-state index contributed by atoms with van der Waals surface area (Å²) in [5.41, 5.74) is 3.43. The van der Waals surface area contributed by atoms with Crippen LogP contribution >= 0.6 is 11.6 Å². The van der Waals surface area contributed by atoms with Crippen molar-refractivity contribution in [2.45, 2.75) is 13.3 Å². The second kappa shape index (κ2) is 7.40. The van der Waals surface area contributed by atoms with E-state index in [4.69, 9.17) is 16.3 Å². The first-order chi connectivity index (χ1) is 12.1. The highest BCUT2D eigenvalue weighted by atomic mass is 35.5. The Balaban J connectivity index is 2.01. The van der Waals surface area contributed by atoms with Gasteiger partial charge in [0, 0.05) is 16.1 Å². The summed E-state index contributed by atoms with van der Waals surface area (Å²) in [5.74, 6) is 0.449. The van der Waals surface area contributed by atoms with Gasteiger partial charge in [0.15, 0.2) is 0 Å². The first-order valence-corrected chi connectivity index (χ1v) is 8.29. The van der Waals surface area contributed by atoms with Crippen molar-refractivity contribution < 1.29 is 9.53 Å². The number of nitrogens with zero attached hydrogens (tertiary/aromatic N) is 1. The maximum absolute atomic E-state index is 12.6. The van der Waals surface area contributed by atoms with Gasteiger partial charge >= 0.3 is 0 Å². The molecule has 0 aliphatic rings. The van der Waals surface area contributed by atoms with Crippen molar-refractivity contribution in [2.75, 3.05) is 12.4 Å². The van der Waals surface area contributed by atoms with E-state index in [0.29, 0.717) is 34.1 Å². The average molecular weight is 356 g/mol. The number of aryl methyl sites for hydroxylation is 1. The van der Waals surface area contributed by atoms with E-state index in [9.17, 15) is 4.79 Å². The highest BCUT2D eigenvalue weighted by Gasteiger charge is 2.19. The number of aromatic nitrogens is 2. The van der Waals surface area contributed by atoms with Gasteiger partial charge in [0.2, 0.25) is 0 Å². The van der Waals surface area contributed by atoms with Gasteiger partial charge in [-0.3, -0.25) is 9.89 Å². The number of benzene rings is 2. The molecule has 1 aromatic heterocycles. The molecule has 0 spiro atoms. The van der Waals surface area contributed by atoms with Crippen molar-refractivity contribution in [1.82, 2.24) is 10.2 Å². The van der Waals surface area contributed by atoms with Crippen LogP contribution in [0.4, 0.5) is 5.69 Å². The highest BCUT2D eigenvalue weighted by Crippen LogP contribution is 2.35. The Labute approximate surface area is 151 Å². The lowest BCUT2D eigenvalue weighted by atomic mass is 10.1. The maximum Gasteiger partial charge on any atom is 0.255 e. The van der Waals surface area contributed by atoms with E-state index in [2.05, 4.69) is 15.5 Å². The molecule has 1 heterocycles. The lowest BCUT2D eigenvalue weighted by Gasteiger charge is -2.10. The van der Waals surface area contributed by atoms with Gasteiger partial charge in [-0.1, -0.05) is 36.7 Å². The topological polar surface area (TPSA) is 67.0 Å². The van der Waals surface area contributed by atoms with Gasteiger partial charge in [-0.15, -0.1) is 0 Å². The molecule has 3 rings (SSSR count). The number of H-pyrrole nitrogens is 1. The number of carbonyl (C=O) groups excluding carboxylic acids is 1. The maximum atomic E-state index is 12.6. The predicted molar refractivity (Wildman–Crippen MR) is 99.4 cm³/mol. The van der Waals surface area contributed by atoms with E-state index in [1.807, 2.05) is 31.2 Å². The lowest BCUT2D eigenvalue weighted by molar-refractivity contribution is 0.102. The highest BCUT2D eigenvalue weighted by molar-refractivity contribution is 6.31. The van der Waals surface area contributed by atoms with Gasteiger partial charge in [0.25, 0.3) is 5.91 Å². The van der Waals surface area contributed by atoms with Gasteiger partial charge in [-0.25, -0.2) is 0 Å². The second-order valence-corrected chi connectivity index (χ2v) is 5.88. The van der Waals surface area contributed by atoms with Gasteiger partial charge in [0.05, 0.1) is 18.5 Å². The lowest BCUT2D eigenvalue weighted by Crippen LogP contribution is -2.13. The normalized spacial score (nSPS) is 10.5. The zero-order valence-corrected chi connectivity index (χ0v) is 14.7. The number of para-hydroxylation sites is 1. The van der Waals surface area contributed by atoms with Gasteiger partial charge in [-0.05, 0) is 36.8 Å². The number of hydrogen-bond donors (Lipinski definition) is 2. The number of halogens is 1. The predicted octanol–water partition coefficient (Wildman–Crippen LogP) is 4.55. The molecule has 3 aromatic rings. The number of anilines is 1. The third-order valence-electron chi connectivity index (χ3n) is 3.88. The summed E-state index contributed by atoms with van der Waals surface area (Å²) in [6.07, 6.45) is 0.702. The van der Waals surface area contributed by atoms with Crippen LogP contribution in [0.1, 0.15) is 23.0 Å². The molecule has 0 radical (unpaired) electrons. The smallest absolute Gasteiger partial charge is 0.255 e. The molecule has 0 aliphatic heterocycles. The molecule has 0 unspecified atom stereocenters. The molecule has 5 nitrogen and oxygen atoms in total. The number of ether oxygens (including phenoxy) is 1. The minimum Gasteiger partial charge on any atom is -0.496 e. The van der Waals surface area contributed by atoms with Crippen LogP contribution in [-0.4, -0.2) is 23.2 Å². The number of nitrogens with one attached hydrogen (secondary N) is 2. The van der Waals surface area contributed by atoms with E-state index in [1.165, 1.54) is 0 Å². The molecule has 2 aromatic carbocycles. The van der Waals surface area contributed by atoms with E-state index >= 15 is 0 Å². The molecule has 0 saturated carbocycles. The van der Waals surface area contributed by atoms with Gasteiger partial charge in [-0.2, -0.15) is 5.10 Å². The molecular formula is C19H18ClN3O2. The zero-order valence-electron chi connectivity index (χ0n) is 14.0. The number of aromatic amines is 1. The molecule has 0 bridgehead atoms. The van der Waals surface area contributed by atoms with Crippen molar-refractivity contribution in [1.29, 1.82) is 0 Å². The molecule has 1 amide bonds. The van der Waals surface area contributed by atoms with Crippen LogP contribution in [0.3, 0.4) is 0 Å². The Morgan fingerprint density at radius 3 is 2.76 bits per heavy atom. The zero-order chi connectivity index (χ0) is 17.8. The third kappa shape index (κ3) is 3.51. The Morgan fingerprint density at radius 2 is 2.04 bits per heavy atom. The molecule has 2 N–H and O–H groups in total. The summed E-state index contributed by atoms with van der Waals surface area (Å²) in [6, 6.07) is 14.4. The summed E-state index contributed by atoms with van der Waals surface area (Å²) >= 11 is 5.98. The number of rotatable bonds is 5. The third-order valence-corrected chi connectivity index (χ3v) is 4.12. The Kier molecular flexibility index (Phi) is 5.05. The molecule has 6 heteroatoms. The van der Waals surface area contributed by atoms with Crippen molar-refractivity contribution in [3.63, 3.8) is 0 Å². The number of carbonyl (C=O) groups is 1. The summed E-state index contributed by atoms with van der Waals surface area (Å²) in [4.78, 5) is 12.6. The molecule has 25 heavy (non-hydrogen) atoms. The Morgan fingerprint density at radius 1 is 1.24 bits per heavy atom. The van der Waals surface area contributed by atoms with Crippen LogP contribution in [0, 0.1) is 0 Å². The fraction of sp³-hybridized carbons (Fsp3) is 0.158. The standard InChI is InChI=1S/C19H18ClN3O2/c1-3-15-18(21-19(24)12-7-6-8-13(20)11-12)17(23-22-15)14-9-4-5-10-16(14)25-2/h4-11H,3H2,1-2H3,(H,21,24)(H,22,23). The second-order valence-electron chi connectivity index (χ2n) is 5.44. The van der Waals surface area contributed by atoms with E-state index < -0.39 is 0 Å². The van der Waals surface area contributed by atoms with Crippen LogP contribution < -0.4 is 10.1 Å². The molecular weight excluding hydrogens is 338 g/mol. The molecule has 0 saturated heterocycles. The Bertz CT molecular complexity index is 905. The van der Waals surface area contributed by atoms with E-state index in [1.54, 1.807) is 31.4 Å². The quantitative estimate of drug-likeness (QED) is 0.705. The Hall–Kier alpha value is -2.79. The van der Waals surface area contributed by atoms with Gasteiger partial charge < -0.3 is 10.1 Å². The first kappa shape index (κ1) is 17.0. The molecule has 0 fully saturated rings. The van der Waals surface area contributed by atoms with Gasteiger partial charge in [0.1, 0.15) is 11.4 Å². The monoisotopic (exact) mass is 355 g/mol. The number of methoxy groups -OCH3 is 1. The minimum atomic E-state index is -0.241. The first-order valence-electron chi connectivity index (χ1n) is 7.91. The van der Waals surface area contributed by atoms with Crippen LogP contribution in [0.2, 0.25) is 5.02 Å². The molecule has 0 atom stereocenters. The minimum absolute atomic E-state index is 0.241. The van der Waals surface area contributed by atoms with Crippen LogP contribution in [0.5, 0.6) is 5.75 Å². The summed E-state index contributed by atoms with van der Waals surface area (Å²) in [6.45, 7) is 1.99. The van der Waals surface area contributed by atoms with Crippen molar-refractivity contribution in [2.24, 2.45) is 0 Å². The average Bonchev–Trinajstić information content (AvgIpc) is 3.04. The largest absolute Gasteiger partial charge is 0.496 e. The summed E-state index contributed by atoms with van der Waals surface area (Å²) in [7, 11) is 1.61. The fourth-order valence-corrected chi connectivity index (χ4v) is 2.81. The molecule has 0 aliphatic carbocycles. The van der Waals surface area contributed by atoms with Crippen molar-refractivity contribution >= 4 is 23.2 Å². The van der Waals surface area contributed by atoms with E-state index in [0.717, 1.165) is 11.3 Å². The number of hydrogen-bond acceptors (Lipinski definition) is 3. The van der Waals surface area contributed by atoms with Crippen LogP contribution in [0.25, 0.3) is 11.3 Å². The summed E-state index contributed by atoms with van der Waals surface area (Å²) in [5, 5.41) is 10.9. The van der Waals surface area contributed by atoms with Crippen LogP contribution in [-0.2, 0) is 6.42 Å².